The zero-order valence-electron chi connectivity index (χ0n) is 15.0. The molecule has 146 valence electrons. The number of benzene rings is 2. The van der Waals surface area contributed by atoms with Gasteiger partial charge in [0.05, 0.1) is 15.7 Å². The molecule has 0 saturated carbocycles. The van der Waals surface area contributed by atoms with E-state index in [0.29, 0.717) is 10.6 Å². The molecule has 28 heavy (non-hydrogen) atoms. The Bertz CT molecular complexity index is 998. The van der Waals surface area contributed by atoms with Crippen molar-refractivity contribution in [3.8, 4) is 0 Å². The first-order chi connectivity index (χ1) is 13.1. The van der Waals surface area contributed by atoms with Gasteiger partial charge in [-0.1, -0.05) is 57.3 Å². The summed E-state index contributed by atoms with van der Waals surface area (Å²) in [5, 5.41) is 5.81. The fourth-order valence-corrected chi connectivity index (χ4v) is 3.79. The lowest BCUT2D eigenvalue weighted by Gasteiger charge is -2.22. The molecule has 1 aliphatic rings. The number of rotatable bonds is 4. The number of nitrogens with zero attached hydrogens (tertiary/aromatic N) is 1. The van der Waals surface area contributed by atoms with E-state index < -0.39 is 29.9 Å². The molecule has 1 heterocycles. The Kier molecular flexibility index (Phi) is 5.70. The maximum absolute atomic E-state index is 12.9. The fraction of sp³-hybridized carbons (Fsp3) is 0.211. The van der Waals surface area contributed by atoms with E-state index in [0.717, 1.165) is 14.9 Å². The summed E-state index contributed by atoms with van der Waals surface area (Å²) in [6.07, 6.45) is 0. The van der Waals surface area contributed by atoms with Crippen molar-refractivity contribution in [1.29, 1.82) is 0 Å². The summed E-state index contributed by atoms with van der Waals surface area (Å²) in [4.78, 5) is 38.6. The van der Waals surface area contributed by atoms with Crippen LogP contribution in [0.4, 0.5) is 10.5 Å². The molecular formula is C19H16BrCl2N3O3. The van der Waals surface area contributed by atoms with E-state index in [-0.39, 0.29) is 10.7 Å². The molecule has 2 aromatic rings. The fourth-order valence-electron chi connectivity index (χ4n) is 2.93. The number of amides is 4. The normalized spacial score (nSPS) is 19.0. The molecule has 9 heteroatoms. The second-order valence-electron chi connectivity index (χ2n) is 6.56. The molecule has 1 aliphatic heterocycles. The van der Waals surface area contributed by atoms with Crippen molar-refractivity contribution in [2.24, 2.45) is 0 Å². The van der Waals surface area contributed by atoms with Crippen LogP contribution in [-0.4, -0.2) is 29.3 Å². The van der Waals surface area contributed by atoms with Gasteiger partial charge in [-0.2, -0.15) is 0 Å². The van der Waals surface area contributed by atoms with Gasteiger partial charge in [0.15, 0.2) is 0 Å². The van der Waals surface area contributed by atoms with Gasteiger partial charge in [-0.3, -0.25) is 14.5 Å². The zero-order chi connectivity index (χ0) is 20.6. The number of anilines is 1. The third kappa shape index (κ3) is 3.74. The first-order valence-corrected chi connectivity index (χ1v) is 9.83. The number of aryl methyl sites for hydroxylation is 1. The second kappa shape index (κ2) is 7.73. The average molecular weight is 485 g/mol. The molecular weight excluding hydrogens is 469 g/mol. The molecule has 2 aromatic carbocycles. The maximum atomic E-state index is 12.9. The van der Waals surface area contributed by atoms with Gasteiger partial charge < -0.3 is 10.6 Å². The molecule has 0 aromatic heterocycles. The minimum absolute atomic E-state index is 0.245. The highest BCUT2D eigenvalue weighted by Crippen LogP contribution is 2.33. The monoisotopic (exact) mass is 483 g/mol. The van der Waals surface area contributed by atoms with Gasteiger partial charge in [0.1, 0.15) is 12.1 Å². The number of hydrogen-bond donors (Lipinski definition) is 2. The Morgan fingerprint density at radius 2 is 1.96 bits per heavy atom. The lowest BCUT2D eigenvalue weighted by atomic mass is 9.92. The molecule has 0 unspecified atom stereocenters. The Labute approximate surface area is 180 Å². The Morgan fingerprint density at radius 3 is 2.64 bits per heavy atom. The molecule has 6 nitrogen and oxygen atoms in total. The van der Waals surface area contributed by atoms with Crippen molar-refractivity contribution in [3.63, 3.8) is 0 Å². The van der Waals surface area contributed by atoms with Gasteiger partial charge in [0.25, 0.3) is 5.91 Å². The Hall–Kier alpha value is -2.09. The van der Waals surface area contributed by atoms with Crippen LogP contribution in [0.15, 0.2) is 40.9 Å². The van der Waals surface area contributed by atoms with Crippen molar-refractivity contribution in [2.45, 2.75) is 19.4 Å². The third-order valence-corrected chi connectivity index (χ3v) is 5.82. The average Bonchev–Trinajstić information content (AvgIpc) is 2.86. The van der Waals surface area contributed by atoms with E-state index >= 15 is 0 Å². The van der Waals surface area contributed by atoms with E-state index in [4.69, 9.17) is 23.2 Å². The first kappa shape index (κ1) is 20.6. The maximum Gasteiger partial charge on any atom is 0.325 e. The standard InChI is InChI=1S/C19H16BrCl2N3O3/c1-10-6-7-13(21)16(15(10)22)23-14(26)9-25-17(27)19(2,24-18(25)28)11-4-3-5-12(20)8-11/h3-8H,9H2,1-2H3,(H,23,26)(H,24,28)/t19-/m0/s1. The Morgan fingerprint density at radius 1 is 1.25 bits per heavy atom. The highest BCUT2D eigenvalue weighted by molar-refractivity contribution is 9.10. The van der Waals surface area contributed by atoms with E-state index in [1.54, 1.807) is 44.2 Å². The number of urea groups is 1. The number of nitrogens with one attached hydrogen (secondary N) is 2. The van der Waals surface area contributed by atoms with Gasteiger partial charge in [0.2, 0.25) is 5.91 Å². The van der Waals surface area contributed by atoms with E-state index in [9.17, 15) is 14.4 Å². The van der Waals surface area contributed by atoms with Crippen LogP contribution in [0, 0.1) is 6.92 Å². The van der Waals surface area contributed by atoms with Crippen molar-refractivity contribution < 1.29 is 14.4 Å². The van der Waals surface area contributed by atoms with Crippen LogP contribution in [0.5, 0.6) is 0 Å². The number of carbonyl (C=O) groups is 3. The number of halogens is 3. The van der Waals surface area contributed by atoms with Crippen molar-refractivity contribution in [2.75, 3.05) is 11.9 Å². The summed E-state index contributed by atoms with van der Waals surface area (Å²) < 4.78 is 0.771. The van der Waals surface area contributed by atoms with Crippen molar-refractivity contribution in [3.05, 3.63) is 62.0 Å². The minimum Gasteiger partial charge on any atom is -0.322 e. The first-order valence-electron chi connectivity index (χ1n) is 8.28. The number of carbonyl (C=O) groups excluding carboxylic acids is 3. The smallest absolute Gasteiger partial charge is 0.322 e. The summed E-state index contributed by atoms with van der Waals surface area (Å²) in [6, 6.07) is 9.74. The largest absolute Gasteiger partial charge is 0.325 e. The lowest BCUT2D eigenvalue weighted by molar-refractivity contribution is -0.133. The number of hydrogen-bond acceptors (Lipinski definition) is 3. The molecule has 0 radical (unpaired) electrons. The Balaban J connectivity index is 1.80. The van der Waals surface area contributed by atoms with Gasteiger partial charge in [-0.25, -0.2) is 4.79 Å². The van der Waals surface area contributed by atoms with Crippen molar-refractivity contribution in [1.82, 2.24) is 10.2 Å². The third-order valence-electron chi connectivity index (χ3n) is 4.53. The van der Waals surface area contributed by atoms with Crippen LogP contribution in [0.2, 0.25) is 10.0 Å². The summed E-state index contributed by atoms with van der Waals surface area (Å²) in [6.45, 7) is 2.91. The highest BCUT2D eigenvalue weighted by atomic mass is 79.9. The molecule has 1 atom stereocenters. The second-order valence-corrected chi connectivity index (χ2v) is 8.26. The predicted octanol–water partition coefficient (Wildman–Crippen LogP) is 4.47. The van der Waals surface area contributed by atoms with E-state index in [1.807, 2.05) is 6.07 Å². The summed E-state index contributed by atoms with van der Waals surface area (Å²) >= 11 is 15.6. The van der Waals surface area contributed by atoms with E-state index in [2.05, 4.69) is 26.6 Å². The SMILES string of the molecule is Cc1ccc(Cl)c(NC(=O)CN2C(=O)N[C@@](C)(c3cccc(Br)c3)C2=O)c1Cl. The predicted molar refractivity (Wildman–Crippen MR) is 112 cm³/mol. The molecule has 1 fully saturated rings. The summed E-state index contributed by atoms with van der Waals surface area (Å²) in [7, 11) is 0. The van der Waals surface area contributed by atoms with Crippen LogP contribution in [0.1, 0.15) is 18.1 Å². The molecule has 4 amide bonds. The van der Waals surface area contributed by atoms with Gasteiger partial charge in [0, 0.05) is 4.47 Å². The topological polar surface area (TPSA) is 78.5 Å². The van der Waals surface area contributed by atoms with Gasteiger partial charge in [-0.05, 0) is 43.2 Å². The quantitative estimate of drug-likeness (QED) is 0.628. The zero-order valence-corrected chi connectivity index (χ0v) is 18.1. The van der Waals surface area contributed by atoms with Crippen LogP contribution >= 0.6 is 39.1 Å². The van der Waals surface area contributed by atoms with Gasteiger partial charge in [-0.15, -0.1) is 0 Å². The lowest BCUT2D eigenvalue weighted by Crippen LogP contribution is -2.42. The van der Waals surface area contributed by atoms with Gasteiger partial charge >= 0.3 is 6.03 Å². The van der Waals surface area contributed by atoms with Crippen LogP contribution in [-0.2, 0) is 15.1 Å². The molecule has 0 bridgehead atoms. The molecule has 0 spiro atoms. The highest BCUT2D eigenvalue weighted by Gasteiger charge is 2.49. The van der Waals surface area contributed by atoms with Crippen LogP contribution in [0.3, 0.4) is 0 Å². The van der Waals surface area contributed by atoms with Crippen LogP contribution in [0.25, 0.3) is 0 Å². The molecule has 0 aliphatic carbocycles. The summed E-state index contributed by atoms with van der Waals surface area (Å²) in [5.41, 5.74) is 0.321. The van der Waals surface area contributed by atoms with Crippen molar-refractivity contribution >= 4 is 62.7 Å². The van der Waals surface area contributed by atoms with Crippen LogP contribution < -0.4 is 10.6 Å². The molecule has 2 N–H and O–H groups in total. The van der Waals surface area contributed by atoms with E-state index in [1.165, 1.54) is 0 Å². The molecule has 1 saturated heterocycles. The minimum atomic E-state index is -1.26. The number of imide groups is 1. The summed E-state index contributed by atoms with van der Waals surface area (Å²) in [5.74, 6) is -1.11. The molecule has 3 rings (SSSR count).